The van der Waals surface area contributed by atoms with Crippen LogP contribution in [0.25, 0.3) is 0 Å². The average Bonchev–Trinajstić information content (AvgIpc) is 2.44. The van der Waals surface area contributed by atoms with Crippen molar-refractivity contribution in [2.45, 2.75) is 31.2 Å². The van der Waals surface area contributed by atoms with Crippen LogP contribution in [0.15, 0.2) is 6.33 Å². The molecule has 78 valence electrons. The average molecular weight is 209 g/mol. The number of alkyl halides is 4. The predicted octanol–water partition coefficient (Wildman–Crippen LogP) is 1.49. The lowest BCUT2D eigenvalue weighted by molar-refractivity contribution is -0.214. The molecule has 2 heterocycles. The molecule has 1 aliphatic heterocycles. The number of hydrogen-bond acceptors (Lipinski definition) is 2. The Balaban J connectivity index is 2.38. The first-order chi connectivity index (χ1) is 6.42. The van der Waals surface area contributed by atoms with E-state index in [1.807, 2.05) is 0 Å². The monoisotopic (exact) mass is 209 g/mol. The Morgan fingerprint density at radius 1 is 1.21 bits per heavy atom. The molecule has 0 N–H and O–H groups in total. The second kappa shape index (κ2) is 2.68. The van der Waals surface area contributed by atoms with Gasteiger partial charge >= 0.3 is 11.8 Å². The van der Waals surface area contributed by atoms with Crippen molar-refractivity contribution in [3.05, 3.63) is 12.2 Å². The molecule has 7 heteroatoms. The van der Waals surface area contributed by atoms with Gasteiger partial charge in [-0.25, -0.2) is 0 Å². The largest absolute Gasteiger partial charge is 0.327 e. The van der Waals surface area contributed by atoms with Gasteiger partial charge in [0.2, 0.25) is 0 Å². The lowest BCUT2D eigenvalue weighted by Gasteiger charge is -2.23. The lowest BCUT2D eigenvalue weighted by Crippen LogP contribution is -2.42. The number of fused-ring (bicyclic) bond motifs is 1. The van der Waals surface area contributed by atoms with Crippen molar-refractivity contribution < 1.29 is 17.6 Å². The maximum atomic E-state index is 13.0. The zero-order valence-electron chi connectivity index (χ0n) is 7.05. The molecular weight excluding hydrogens is 202 g/mol. The number of aryl methyl sites for hydroxylation is 1. The fraction of sp³-hybridized carbons (Fsp3) is 0.714. The molecule has 1 aromatic rings. The van der Waals surface area contributed by atoms with Gasteiger partial charge in [-0.3, -0.25) is 0 Å². The second-order valence-corrected chi connectivity index (χ2v) is 3.28. The van der Waals surface area contributed by atoms with Crippen LogP contribution in [0.5, 0.6) is 0 Å². The minimum atomic E-state index is -4.03. The van der Waals surface area contributed by atoms with Crippen LogP contribution in [0.2, 0.25) is 0 Å². The highest BCUT2D eigenvalue weighted by atomic mass is 19.3. The normalized spacial score (nSPS) is 24.0. The first kappa shape index (κ1) is 9.42. The predicted molar refractivity (Wildman–Crippen MR) is 38.2 cm³/mol. The van der Waals surface area contributed by atoms with E-state index < -0.39 is 24.8 Å². The molecular formula is C7H7F4N3. The van der Waals surface area contributed by atoms with Crippen molar-refractivity contribution in [1.29, 1.82) is 0 Å². The highest BCUT2D eigenvalue weighted by molar-refractivity contribution is 4.98. The van der Waals surface area contributed by atoms with E-state index in [0.717, 1.165) is 10.9 Å². The number of nitrogens with zero attached hydrogens (tertiary/aromatic N) is 3. The zero-order valence-corrected chi connectivity index (χ0v) is 7.05. The number of hydrogen-bond donors (Lipinski definition) is 0. The molecule has 2 rings (SSSR count). The molecule has 1 aliphatic rings. The van der Waals surface area contributed by atoms with E-state index in [1.54, 1.807) is 0 Å². The standard InChI is InChI=1S/C7H7F4N3/c8-6(9)2-1-5-13-12-4-14(5)3-7(6,10)11/h4H,1-3H2. The fourth-order valence-corrected chi connectivity index (χ4v) is 1.39. The Labute approximate surface area is 76.7 Å². The van der Waals surface area contributed by atoms with Gasteiger partial charge in [-0.05, 0) is 0 Å². The SMILES string of the molecule is FC1(F)CCc2nncn2CC1(F)F. The Hall–Kier alpha value is -1.14. The van der Waals surface area contributed by atoms with Gasteiger partial charge in [0.25, 0.3) is 0 Å². The van der Waals surface area contributed by atoms with Gasteiger partial charge in [-0.1, -0.05) is 0 Å². The summed E-state index contributed by atoms with van der Waals surface area (Å²) < 4.78 is 52.7. The summed E-state index contributed by atoms with van der Waals surface area (Å²) in [5.41, 5.74) is 0. The van der Waals surface area contributed by atoms with Gasteiger partial charge < -0.3 is 4.57 Å². The Morgan fingerprint density at radius 3 is 2.64 bits per heavy atom. The molecule has 0 saturated carbocycles. The molecule has 0 aliphatic carbocycles. The van der Waals surface area contributed by atoms with Crippen molar-refractivity contribution >= 4 is 0 Å². The third-order valence-electron chi connectivity index (χ3n) is 2.26. The first-order valence-electron chi connectivity index (χ1n) is 4.05. The minimum Gasteiger partial charge on any atom is -0.311 e. The highest BCUT2D eigenvalue weighted by Crippen LogP contribution is 2.40. The molecule has 1 aromatic heterocycles. The molecule has 0 fully saturated rings. The molecule has 3 nitrogen and oxygen atoms in total. The van der Waals surface area contributed by atoms with Crippen LogP contribution in [0.4, 0.5) is 17.6 Å². The molecule has 0 aromatic carbocycles. The van der Waals surface area contributed by atoms with E-state index in [1.165, 1.54) is 0 Å². The van der Waals surface area contributed by atoms with Crippen molar-refractivity contribution in [1.82, 2.24) is 14.8 Å². The minimum absolute atomic E-state index is 0.178. The maximum absolute atomic E-state index is 13.0. The maximum Gasteiger partial charge on any atom is 0.327 e. The summed E-state index contributed by atoms with van der Waals surface area (Å²) >= 11 is 0. The van der Waals surface area contributed by atoms with Gasteiger partial charge in [-0.15, -0.1) is 10.2 Å². The van der Waals surface area contributed by atoms with Crippen LogP contribution < -0.4 is 0 Å². The van der Waals surface area contributed by atoms with Crippen molar-refractivity contribution in [2.75, 3.05) is 0 Å². The summed E-state index contributed by atoms with van der Waals surface area (Å²) in [5.74, 6) is -7.81. The van der Waals surface area contributed by atoms with E-state index >= 15 is 0 Å². The van der Waals surface area contributed by atoms with Crippen LogP contribution in [0, 0.1) is 0 Å². The third-order valence-corrected chi connectivity index (χ3v) is 2.26. The molecule has 0 bridgehead atoms. The molecule has 14 heavy (non-hydrogen) atoms. The van der Waals surface area contributed by atoms with Crippen molar-refractivity contribution in [3.8, 4) is 0 Å². The smallest absolute Gasteiger partial charge is 0.311 e. The van der Waals surface area contributed by atoms with E-state index in [0.29, 0.717) is 0 Å². The third kappa shape index (κ3) is 1.27. The summed E-state index contributed by atoms with van der Waals surface area (Å²) in [4.78, 5) is 0. The molecule has 0 unspecified atom stereocenters. The van der Waals surface area contributed by atoms with Crippen LogP contribution >= 0.6 is 0 Å². The van der Waals surface area contributed by atoms with Crippen LogP contribution in [-0.4, -0.2) is 26.6 Å². The summed E-state index contributed by atoms with van der Waals surface area (Å²) in [7, 11) is 0. The summed E-state index contributed by atoms with van der Waals surface area (Å²) in [6.45, 7) is -1.05. The molecule has 0 spiro atoms. The van der Waals surface area contributed by atoms with E-state index in [9.17, 15) is 17.6 Å². The number of halogens is 4. The van der Waals surface area contributed by atoms with E-state index in [2.05, 4.69) is 10.2 Å². The quantitative estimate of drug-likeness (QED) is 0.606. The Morgan fingerprint density at radius 2 is 1.93 bits per heavy atom. The summed E-state index contributed by atoms with van der Waals surface area (Å²) in [5, 5.41) is 6.89. The van der Waals surface area contributed by atoms with E-state index in [-0.39, 0.29) is 12.2 Å². The Kier molecular flexibility index (Phi) is 1.80. The van der Waals surface area contributed by atoms with Crippen molar-refractivity contribution in [2.24, 2.45) is 0 Å². The van der Waals surface area contributed by atoms with Crippen LogP contribution in [0.3, 0.4) is 0 Å². The van der Waals surface area contributed by atoms with Gasteiger partial charge in [0.15, 0.2) is 0 Å². The van der Waals surface area contributed by atoms with Crippen LogP contribution in [-0.2, 0) is 13.0 Å². The van der Waals surface area contributed by atoms with E-state index in [4.69, 9.17) is 0 Å². The molecule has 0 saturated heterocycles. The van der Waals surface area contributed by atoms with Crippen molar-refractivity contribution in [3.63, 3.8) is 0 Å². The zero-order chi connectivity index (χ0) is 10.4. The molecule has 0 atom stereocenters. The molecule has 0 radical (unpaired) electrons. The van der Waals surface area contributed by atoms with Crippen LogP contribution in [0.1, 0.15) is 12.2 Å². The summed E-state index contributed by atoms with van der Waals surface area (Å²) in [6.07, 6.45) is -0.0219. The first-order valence-corrected chi connectivity index (χ1v) is 4.05. The Bertz CT molecular complexity index is 346. The second-order valence-electron chi connectivity index (χ2n) is 3.28. The number of aromatic nitrogens is 3. The lowest BCUT2D eigenvalue weighted by atomic mass is 10.1. The van der Waals surface area contributed by atoms with Gasteiger partial charge in [-0.2, -0.15) is 17.6 Å². The number of rotatable bonds is 0. The highest BCUT2D eigenvalue weighted by Gasteiger charge is 2.57. The van der Waals surface area contributed by atoms with Gasteiger partial charge in [0.05, 0.1) is 6.54 Å². The molecule has 0 amide bonds. The van der Waals surface area contributed by atoms with Gasteiger partial charge in [0, 0.05) is 12.8 Å². The van der Waals surface area contributed by atoms with Gasteiger partial charge in [0.1, 0.15) is 12.2 Å². The fourth-order valence-electron chi connectivity index (χ4n) is 1.39. The topological polar surface area (TPSA) is 30.7 Å². The summed E-state index contributed by atoms with van der Waals surface area (Å²) in [6, 6.07) is 0.